The summed E-state index contributed by atoms with van der Waals surface area (Å²) in [6.07, 6.45) is 5.65. The number of halogens is 1. The van der Waals surface area contributed by atoms with E-state index in [9.17, 15) is 4.79 Å². The summed E-state index contributed by atoms with van der Waals surface area (Å²) in [5, 5.41) is 1.08. The first-order chi connectivity index (χ1) is 6.27. The molecule has 1 saturated carbocycles. The number of rotatable bonds is 3. The minimum Gasteiger partial charge on any atom is -0.469 e. The molecule has 0 aromatic carbocycles. The molecule has 3 heteroatoms. The highest BCUT2D eigenvalue weighted by Gasteiger charge is 2.26. The molecule has 0 atom stereocenters. The van der Waals surface area contributed by atoms with Crippen molar-refractivity contribution < 1.29 is 9.53 Å². The molecule has 76 valence electrons. The predicted molar refractivity (Wildman–Crippen MR) is 55.9 cm³/mol. The lowest BCUT2D eigenvalue weighted by Gasteiger charge is -2.26. The highest BCUT2D eigenvalue weighted by atomic mass is 79.9. The van der Waals surface area contributed by atoms with E-state index in [0.29, 0.717) is 0 Å². The van der Waals surface area contributed by atoms with Gasteiger partial charge in [0.05, 0.1) is 13.0 Å². The number of methoxy groups -OCH3 is 1. The standard InChI is InChI=1S/C10H17BrO2/c1-13-10(12)9-4-2-8(3-5-9)6-7-11/h8-9H,2-7H2,1H3. The van der Waals surface area contributed by atoms with Gasteiger partial charge < -0.3 is 4.74 Å². The van der Waals surface area contributed by atoms with Crippen LogP contribution in [0.3, 0.4) is 0 Å². The van der Waals surface area contributed by atoms with Crippen LogP contribution in [0.5, 0.6) is 0 Å². The van der Waals surface area contributed by atoms with Crippen LogP contribution in [0.15, 0.2) is 0 Å². The van der Waals surface area contributed by atoms with Crippen LogP contribution in [0.25, 0.3) is 0 Å². The smallest absolute Gasteiger partial charge is 0.308 e. The van der Waals surface area contributed by atoms with Gasteiger partial charge in [-0.05, 0) is 38.0 Å². The Labute approximate surface area is 88.2 Å². The fourth-order valence-corrected chi connectivity index (χ4v) is 2.66. The molecule has 0 unspecified atom stereocenters. The monoisotopic (exact) mass is 248 g/mol. The third kappa shape index (κ3) is 3.29. The zero-order chi connectivity index (χ0) is 9.68. The first kappa shape index (κ1) is 11.0. The summed E-state index contributed by atoms with van der Waals surface area (Å²) in [6.45, 7) is 0. The molecule has 0 aliphatic heterocycles. The van der Waals surface area contributed by atoms with Crippen LogP contribution in [-0.4, -0.2) is 18.4 Å². The summed E-state index contributed by atoms with van der Waals surface area (Å²) in [5.41, 5.74) is 0. The largest absolute Gasteiger partial charge is 0.469 e. The van der Waals surface area contributed by atoms with E-state index in [1.807, 2.05) is 0 Å². The number of carbonyl (C=O) groups is 1. The number of hydrogen-bond acceptors (Lipinski definition) is 2. The van der Waals surface area contributed by atoms with Crippen LogP contribution in [0.2, 0.25) is 0 Å². The topological polar surface area (TPSA) is 26.3 Å². The lowest BCUT2D eigenvalue weighted by atomic mass is 9.81. The molecule has 0 aromatic rings. The third-order valence-corrected chi connectivity index (χ3v) is 3.36. The molecule has 0 spiro atoms. The summed E-state index contributed by atoms with van der Waals surface area (Å²) >= 11 is 3.45. The Balaban J connectivity index is 2.26. The zero-order valence-corrected chi connectivity index (χ0v) is 9.68. The molecule has 1 rings (SSSR count). The van der Waals surface area contributed by atoms with E-state index in [0.717, 1.165) is 24.1 Å². The van der Waals surface area contributed by atoms with Crippen LogP contribution < -0.4 is 0 Å². The average molecular weight is 249 g/mol. The van der Waals surface area contributed by atoms with Crippen LogP contribution in [0.1, 0.15) is 32.1 Å². The molecule has 2 nitrogen and oxygen atoms in total. The van der Waals surface area contributed by atoms with Gasteiger partial charge >= 0.3 is 5.97 Å². The van der Waals surface area contributed by atoms with Crippen molar-refractivity contribution in [3.8, 4) is 0 Å². The van der Waals surface area contributed by atoms with Gasteiger partial charge in [0.15, 0.2) is 0 Å². The van der Waals surface area contributed by atoms with Gasteiger partial charge in [-0.3, -0.25) is 4.79 Å². The Bertz CT molecular complexity index is 162. The van der Waals surface area contributed by atoms with Crippen molar-refractivity contribution in [1.29, 1.82) is 0 Å². The van der Waals surface area contributed by atoms with Gasteiger partial charge in [0, 0.05) is 5.33 Å². The van der Waals surface area contributed by atoms with Gasteiger partial charge in [0.1, 0.15) is 0 Å². The molecule has 1 fully saturated rings. The lowest BCUT2D eigenvalue weighted by molar-refractivity contribution is -0.146. The first-order valence-corrected chi connectivity index (χ1v) is 6.04. The quantitative estimate of drug-likeness (QED) is 0.567. The van der Waals surface area contributed by atoms with E-state index in [1.165, 1.54) is 26.4 Å². The van der Waals surface area contributed by atoms with Crippen LogP contribution in [0.4, 0.5) is 0 Å². The lowest BCUT2D eigenvalue weighted by Crippen LogP contribution is -2.22. The minimum atomic E-state index is -0.0164. The summed E-state index contributed by atoms with van der Waals surface area (Å²) in [7, 11) is 1.48. The molecule has 13 heavy (non-hydrogen) atoms. The van der Waals surface area contributed by atoms with E-state index in [4.69, 9.17) is 4.74 Å². The second-order valence-electron chi connectivity index (χ2n) is 3.72. The van der Waals surface area contributed by atoms with Gasteiger partial charge in [0.2, 0.25) is 0 Å². The van der Waals surface area contributed by atoms with E-state index in [1.54, 1.807) is 0 Å². The van der Waals surface area contributed by atoms with Crippen molar-refractivity contribution in [3.63, 3.8) is 0 Å². The number of ether oxygens (including phenoxy) is 1. The van der Waals surface area contributed by atoms with Gasteiger partial charge in [-0.15, -0.1) is 0 Å². The van der Waals surface area contributed by atoms with Crippen molar-refractivity contribution in [2.75, 3.05) is 12.4 Å². The van der Waals surface area contributed by atoms with E-state index >= 15 is 0 Å². The second kappa shape index (κ2) is 5.63. The van der Waals surface area contributed by atoms with Crippen molar-refractivity contribution in [1.82, 2.24) is 0 Å². The average Bonchev–Trinajstić information content (AvgIpc) is 2.18. The molecule has 1 aliphatic carbocycles. The SMILES string of the molecule is COC(=O)C1CCC(CCBr)CC1. The Morgan fingerprint density at radius 2 is 2.00 bits per heavy atom. The van der Waals surface area contributed by atoms with Gasteiger partial charge in [0.25, 0.3) is 0 Å². The van der Waals surface area contributed by atoms with E-state index in [-0.39, 0.29) is 11.9 Å². The Morgan fingerprint density at radius 3 is 2.46 bits per heavy atom. The number of hydrogen-bond donors (Lipinski definition) is 0. The highest BCUT2D eigenvalue weighted by molar-refractivity contribution is 9.09. The van der Waals surface area contributed by atoms with E-state index < -0.39 is 0 Å². The Hall–Kier alpha value is -0.0500. The van der Waals surface area contributed by atoms with Gasteiger partial charge in [-0.2, -0.15) is 0 Å². The van der Waals surface area contributed by atoms with Crippen molar-refractivity contribution >= 4 is 21.9 Å². The fourth-order valence-electron chi connectivity index (χ4n) is 2.01. The van der Waals surface area contributed by atoms with Crippen LogP contribution in [0, 0.1) is 11.8 Å². The van der Waals surface area contributed by atoms with E-state index in [2.05, 4.69) is 15.9 Å². The third-order valence-electron chi connectivity index (χ3n) is 2.90. The van der Waals surface area contributed by atoms with Crippen LogP contribution >= 0.6 is 15.9 Å². The normalized spacial score (nSPS) is 28.5. The summed E-state index contributed by atoms with van der Waals surface area (Å²) < 4.78 is 4.74. The fraction of sp³-hybridized carbons (Fsp3) is 0.900. The van der Waals surface area contributed by atoms with Gasteiger partial charge in [-0.1, -0.05) is 15.9 Å². The molecule has 0 heterocycles. The summed E-state index contributed by atoms with van der Waals surface area (Å²) in [6, 6.07) is 0. The van der Waals surface area contributed by atoms with Crippen LogP contribution in [-0.2, 0) is 9.53 Å². The maximum atomic E-state index is 11.2. The minimum absolute atomic E-state index is 0.0164. The van der Waals surface area contributed by atoms with Gasteiger partial charge in [-0.25, -0.2) is 0 Å². The maximum Gasteiger partial charge on any atom is 0.308 e. The van der Waals surface area contributed by atoms with Crippen molar-refractivity contribution in [2.45, 2.75) is 32.1 Å². The summed E-state index contributed by atoms with van der Waals surface area (Å²) in [5.74, 6) is 0.981. The molecule has 0 bridgehead atoms. The first-order valence-electron chi connectivity index (χ1n) is 4.91. The van der Waals surface area contributed by atoms with Crippen molar-refractivity contribution in [2.24, 2.45) is 11.8 Å². The summed E-state index contributed by atoms with van der Waals surface area (Å²) in [4.78, 5) is 11.2. The zero-order valence-electron chi connectivity index (χ0n) is 8.09. The molecule has 0 saturated heterocycles. The molecular formula is C10H17BrO2. The molecule has 0 radical (unpaired) electrons. The number of alkyl halides is 1. The molecule has 0 amide bonds. The highest BCUT2D eigenvalue weighted by Crippen LogP contribution is 2.31. The number of esters is 1. The Morgan fingerprint density at radius 1 is 1.38 bits per heavy atom. The molecule has 0 N–H and O–H groups in total. The number of carbonyl (C=O) groups excluding carboxylic acids is 1. The molecular weight excluding hydrogens is 232 g/mol. The molecule has 1 aliphatic rings. The maximum absolute atomic E-state index is 11.2. The van der Waals surface area contributed by atoms with Crippen molar-refractivity contribution in [3.05, 3.63) is 0 Å². The molecule has 0 aromatic heterocycles. The second-order valence-corrected chi connectivity index (χ2v) is 4.51. The predicted octanol–water partition coefficient (Wildman–Crippen LogP) is 2.75. The Kier molecular flexibility index (Phi) is 4.78.